The van der Waals surface area contributed by atoms with E-state index < -0.39 is 15.6 Å². The van der Waals surface area contributed by atoms with Gasteiger partial charge in [0.2, 0.25) is 21.8 Å². The van der Waals surface area contributed by atoms with E-state index >= 15 is 0 Å². The number of carbonyl (C=O) groups excluding carboxylic acids is 2. The zero-order valence-corrected chi connectivity index (χ0v) is 13.2. The number of aliphatic hydroxyl groups is 1. The lowest BCUT2D eigenvalue weighted by atomic mass is 10.1. The Kier molecular flexibility index (Phi) is 4.37. The number of benzene rings is 1. The number of nitrogens with zero attached hydrogens (tertiary/aromatic N) is 1. The Labute approximate surface area is 129 Å². The minimum atomic E-state index is -3.76. The van der Waals surface area contributed by atoms with Crippen LogP contribution in [0.25, 0.3) is 0 Å². The molecule has 2 N–H and O–H groups in total. The number of rotatable bonds is 5. The Bertz CT molecular complexity index is 673. The summed E-state index contributed by atoms with van der Waals surface area (Å²) in [7, 11) is -3.76. The molecule has 1 aromatic carbocycles. The fraction of sp³-hybridized carbons (Fsp3) is 0.429. The highest BCUT2D eigenvalue weighted by molar-refractivity contribution is 7.89. The molecule has 0 atom stereocenters. The van der Waals surface area contributed by atoms with E-state index in [-0.39, 0.29) is 36.1 Å². The van der Waals surface area contributed by atoms with Gasteiger partial charge in [-0.3, -0.25) is 14.5 Å². The maximum absolute atomic E-state index is 12.1. The van der Waals surface area contributed by atoms with Gasteiger partial charge in [0.05, 0.1) is 16.2 Å². The maximum Gasteiger partial charge on any atom is 0.240 e. The lowest BCUT2D eigenvalue weighted by Crippen LogP contribution is -2.38. The summed E-state index contributed by atoms with van der Waals surface area (Å²) in [5.41, 5.74) is -0.810. The first-order chi connectivity index (χ1) is 10.1. The molecule has 0 aromatic heterocycles. The second-order valence-electron chi connectivity index (χ2n) is 5.75. The number of imide groups is 1. The molecule has 0 unspecified atom stereocenters. The highest BCUT2D eigenvalue weighted by Crippen LogP contribution is 2.23. The molecule has 1 aliphatic heterocycles. The summed E-state index contributed by atoms with van der Waals surface area (Å²) in [6.07, 6.45) is 0.345. The summed E-state index contributed by atoms with van der Waals surface area (Å²) in [4.78, 5) is 24.3. The van der Waals surface area contributed by atoms with Crippen LogP contribution in [-0.4, -0.2) is 37.5 Å². The van der Waals surface area contributed by atoms with Crippen LogP contribution in [0.2, 0.25) is 0 Å². The molecule has 0 bridgehead atoms. The number of hydrogen-bond acceptors (Lipinski definition) is 5. The third-order valence-corrected chi connectivity index (χ3v) is 4.57. The molecule has 2 rings (SSSR count). The molecule has 0 aliphatic carbocycles. The first-order valence-corrected chi connectivity index (χ1v) is 8.26. The minimum Gasteiger partial charge on any atom is -0.389 e. The summed E-state index contributed by atoms with van der Waals surface area (Å²) in [6.45, 7) is 2.85. The third kappa shape index (κ3) is 3.70. The van der Waals surface area contributed by atoms with E-state index in [1.807, 2.05) is 0 Å². The van der Waals surface area contributed by atoms with Crippen molar-refractivity contribution >= 4 is 27.5 Å². The van der Waals surface area contributed by atoms with Gasteiger partial charge in [0.15, 0.2) is 0 Å². The van der Waals surface area contributed by atoms with Crippen LogP contribution in [0.4, 0.5) is 5.69 Å². The molecule has 1 aromatic rings. The summed E-state index contributed by atoms with van der Waals surface area (Å²) in [6, 6.07) is 5.47. The second kappa shape index (κ2) is 5.79. The molecular formula is C14H18N2O5S. The van der Waals surface area contributed by atoms with Gasteiger partial charge in [-0.1, -0.05) is 0 Å². The van der Waals surface area contributed by atoms with Crippen LogP contribution in [-0.2, 0) is 19.6 Å². The van der Waals surface area contributed by atoms with E-state index in [1.165, 1.54) is 38.1 Å². The predicted octanol–water partition coefficient (Wildman–Crippen LogP) is 0.389. The zero-order chi connectivity index (χ0) is 16.5. The summed E-state index contributed by atoms with van der Waals surface area (Å²) < 4.78 is 26.4. The first kappa shape index (κ1) is 16.6. The average Bonchev–Trinajstić information content (AvgIpc) is 2.76. The molecule has 1 fully saturated rings. The van der Waals surface area contributed by atoms with E-state index in [0.717, 1.165) is 4.90 Å². The molecule has 1 aliphatic rings. The Morgan fingerprint density at radius 3 is 2.09 bits per heavy atom. The van der Waals surface area contributed by atoms with Gasteiger partial charge in [-0.25, -0.2) is 13.1 Å². The van der Waals surface area contributed by atoms with Gasteiger partial charge in [-0.15, -0.1) is 0 Å². The highest BCUT2D eigenvalue weighted by atomic mass is 32.2. The number of hydrogen-bond donors (Lipinski definition) is 2. The maximum atomic E-state index is 12.1. The quantitative estimate of drug-likeness (QED) is 0.762. The molecule has 120 valence electrons. The zero-order valence-electron chi connectivity index (χ0n) is 12.4. The van der Waals surface area contributed by atoms with Crippen molar-refractivity contribution in [2.75, 3.05) is 11.4 Å². The van der Waals surface area contributed by atoms with E-state index in [9.17, 15) is 23.1 Å². The van der Waals surface area contributed by atoms with Crippen molar-refractivity contribution < 1.29 is 23.1 Å². The standard InChI is InChI=1S/C14H18N2O5S/c1-14(2,19)9-15-22(20,21)11-5-3-10(4-6-11)16-12(17)7-8-13(16)18/h3-6,15,19H,7-9H2,1-2H3. The monoisotopic (exact) mass is 326 g/mol. The van der Waals surface area contributed by atoms with Crippen LogP contribution in [0, 0.1) is 0 Å². The SMILES string of the molecule is CC(C)(O)CNS(=O)(=O)c1ccc(N2C(=O)CCC2=O)cc1. The molecule has 0 radical (unpaired) electrons. The number of nitrogens with one attached hydrogen (secondary N) is 1. The van der Waals surface area contributed by atoms with Crippen molar-refractivity contribution in [2.45, 2.75) is 37.2 Å². The third-order valence-electron chi connectivity index (χ3n) is 3.15. The van der Waals surface area contributed by atoms with Crippen LogP contribution in [0.1, 0.15) is 26.7 Å². The lowest BCUT2D eigenvalue weighted by Gasteiger charge is -2.18. The molecule has 0 saturated carbocycles. The molecule has 0 spiro atoms. The topological polar surface area (TPSA) is 104 Å². The van der Waals surface area contributed by atoms with Crippen molar-refractivity contribution in [3.05, 3.63) is 24.3 Å². The fourth-order valence-corrected chi connectivity index (χ4v) is 3.20. The van der Waals surface area contributed by atoms with Gasteiger partial charge in [0.25, 0.3) is 0 Å². The fourth-order valence-electron chi connectivity index (χ4n) is 1.99. The Morgan fingerprint density at radius 2 is 1.64 bits per heavy atom. The van der Waals surface area contributed by atoms with Gasteiger partial charge in [-0.05, 0) is 38.1 Å². The van der Waals surface area contributed by atoms with Gasteiger partial charge in [0.1, 0.15) is 0 Å². The lowest BCUT2D eigenvalue weighted by molar-refractivity contribution is -0.121. The summed E-state index contributed by atoms with van der Waals surface area (Å²) in [5.74, 6) is -0.582. The Hall–Kier alpha value is -1.77. The van der Waals surface area contributed by atoms with E-state index in [2.05, 4.69) is 4.72 Å². The van der Waals surface area contributed by atoms with E-state index in [0.29, 0.717) is 5.69 Å². The van der Waals surface area contributed by atoms with E-state index in [4.69, 9.17) is 0 Å². The van der Waals surface area contributed by atoms with Gasteiger partial charge < -0.3 is 5.11 Å². The van der Waals surface area contributed by atoms with Crippen LogP contribution >= 0.6 is 0 Å². The summed E-state index contributed by atoms with van der Waals surface area (Å²) in [5, 5.41) is 9.57. The van der Waals surface area contributed by atoms with E-state index in [1.54, 1.807) is 0 Å². The normalized spacial score (nSPS) is 16.4. The highest BCUT2D eigenvalue weighted by Gasteiger charge is 2.30. The van der Waals surface area contributed by atoms with Gasteiger partial charge in [0, 0.05) is 19.4 Å². The van der Waals surface area contributed by atoms with Crippen molar-refractivity contribution in [3.8, 4) is 0 Å². The molecule has 7 nitrogen and oxygen atoms in total. The summed E-state index contributed by atoms with van der Waals surface area (Å²) >= 11 is 0. The van der Waals surface area contributed by atoms with Gasteiger partial charge in [-0.2, -0.15) is 0 Å². The molecule has 1 heterocycles. The number of amides is 2. The molecular weight excluding hydrogens is 308 g/mol. The smallest absolute Gasteiger partial charge is 0.240 e. The van der Waals surface area contributed by atoms with Crippen molar-refractivity contribution in [3.63, 3.8) is 0 Å². The van der Waals surface area contributed by atoms with Crippen LogP contribution < -0.4 is 9.62 Å². The number of carbonyl (C=O) groups is 2. The van der Waals surface area contributed by atoms with Crippen LogP contribution in [0.3, 0.4) is 0 Å². The Morgan fingerprint density at radius 1 is 1.14 bits per heavy atom. The first-order valence-electron chi connectivity index (χ1n) is 6.78. The van der Waals surface area contributed by atoms with Crippen LogP contribution in [0.5, 0.6) is 0 Å². The molecule has 22 heavy (non-hydrogen) atoms. The Balaban J connectivity index is 2.18. The molecule has 2 amide bonds. The van der Waals surface area contributed by atoms with Crippen molar-refractivity contribution in [2.24, 2.45) is 0 Å². The second-order valence-corrected chi connectivity index (χ2v) is 7.52. The largest absolute Gasteiger partial charge is 0.389 e. The van der Waals surface area contributed by atoms with Crippen molar-refractivity contribution in [1.82, 2.24) is 4.72 Å². The number of sulfonamides is 1. The molecule has 1 saturated heterocycles. The van der Waals surface area contributed by atoms with Crippen LogP contribution in [0.15, 0.2) is 29.2 Å². The van der Waals surface area contributed by atoms with Gasteiger partial charge >= 0.3 is 0 Å². The minimum absolute atomic E-state index is 0.000375. The predicted molar refractivity (Wildman–Crippen MR) is 79.7 cm³/mol. The average molecular weight is 326 g/mol. The van der Waals surface area contributed by atoms with Crippen molar-refractivity contribution in [1.29, 1.82) is 0 Å². The molecule has 8 heteroatoms. The number of anilines is 1.